The minimum absolute atomic E-state index is 0.0800. The molecule has 1 amide bonds. The number of nitrogens with one attached hydrogen (secondary N) is 1. The summed E-state index contributed by atoms with van der Waals surface area (Å²) in [5.74, 6) is -1.53. The summed E-state index contributed by atoms with van der Waals surface area (Å²) in [6, 6.07) is 12.3. The van der Waals surface area contributed by atoms with E-state index in [0.29, 0.717) is 16.3 Å². The maximum absolute atomic E-state index is 12.4. The molecule has 0 aliphatic heterocycles. The predicted octanol–water partition coefficient (Wildman–Crippen LogP) is 3.42. The number of hydrogen-bond donors (Lipinski definition) is 3. The van der Waals surface area contributed by atoms with Crippen LogP contribution in [0, 0.1) is 6.92 Å². The van der Waals surface area contributed by atoms with Crippen molar-refractivity contribution in [1.29, 1.82) is 0 Å². The molecule has 0 saturated carbocycles. The van der Waals surface area contributed by atoms with Gasteiger partial charge < -0.3 is 16.2 Å². The zero-order valence-electron chi connectivity index (χ0n) is 13.3. The Morgan fingerprint density at radius 3 is 2.58 bits per heavy atom. The molecule has 0 unspecified atom stereocenters. The highest BCUT2D eigenvalue weighted by Crippen LogP contribution is 2.28. The summed E-state index contributed by atoms with van der Waals surface area (Å²) >= 11 is 6.16. The topological polar surface area (TPSA) is 92.4 Å². The van der Waals surface area contributed by atoms with Gasteiger partial charge in [-0.3, -0.25) is 9.59 Å². The highest BCUT2D eigenvalue weighted by atomic mass is 35.5. The van der Waals surface area contributed by atoms with E-state index < -0.39 is 5.97 Å². The van der Waals surface area contributed by atoms with Gasteiger partial charge in [-0.05, 0) is 42.8 Å². The van der Waals surface area contributed by atoms with E-state index in [0.717, 1.165) is 11.1 Å². The molecule has 2 rings (SSSR count). The van der Waals surface area contributed by atoms with E-state index in [1.54, 1.807) is 30.3 Å². The number of benzene rings is 2. The van der Waals surface area contributed by atoms with Crippen LogP contribution in [0.4, 0.5) is 5.69 Å². The van der Waals surface area contributed by atoms with Crippen LogP contribution < -0.4 is 11.1 Å². The van der Waals surface area contributed by atoms with Crippen molar-refractivity contribution in [1.82, 2.24) is 0 Å². The third kappa shape index (κ3) is 4.34. The smallest absolute Gasteiger partial charge is 0.304 e. The lowest BCUT2D eigenvalue weighted by Crippen LogP contribution is -2.17. The molecule has 2 aromatic rings. The minimum Gasteiger partial charge on any atom is -0.481 e. The van der Waals surface area contributed by atoms with Gasteiger partial charge in [0.05, 0.1) is 17.1 Å². The van der Waals surface area contributed by atoms with Crippen LogP contribution in [0.5, 0.6) is 0 Å². The van der Waals surface area contributed by atoms with Gasteiger partial charge in [0.15, 0.2) is 0 Å². The molecule has 0 heterocycles. The molecule has 0 bridgehead atoms. The summed E-state index contributed by atoms with van der Waals surface area (Å²) in [5.41, 5.74) is 8.24. The second-order valence-corrected chi connectivity index (χ2v) is 5.95. The standard InChI is InChI=1S/C18H19ClN2O3/c1-11-4-2-3-5-14(11)18(24)21-16-8-12(6-7-15(16)19)13(10-20)9-17(22)23/h2-8,13H,9-10,20H2,1H3,(H,21,24)(H,22,23)/t13-/m0/s1. The number of carbonyl (C=O) groups is 2. The lowest BCUT2D eigenvalue weighted by atomic mass is 9.95. The molecule has 0 fully saturated rings. The number of hydrogen-bond acceptors (Lipinski definition) is 3. The van der Waals surface area contributed by atoms with Crippen LogP contribution in [-0.2, 0) is 4.79 Å². The Bertz CT molecular complexity index is 762. The number of carbonyl (C=O) groups excluding carboxylic acids is 1. The van der Waals surface area contributed by atoms with Crippen LogP contribution in [0.1, 0.15) is 33.8 Å². The van der Waals surface area contributed by atoms with Crippen molar-refractivity contribution < 1.29 is 14.7 Å². The summed E-state index contributed by atoms with van der Waals surface area (Å²) in [5, 5.41) is 12.1. The van der Waals surface area contributed by atoms with E-state index in [1.807, 2.05) is 19.1 Å². The number of rotatable bonds is 6. The molecule has 1 atom stereocenters. The van der Waals surface area contributed by atoms with Crippen LogP contribution >= 0.6 is 11.6 Å². The van der Waals surface area contributed by atoms with Crippen LogP contribution in [0.25, 0.3) is 0 Å². The average Bonchev–Trinajstić information content (AvgIpc) is 2.55. The number of aryl methyl sites for hydroxylation is 1. The Kier molecular flexibility index (Phi) is 5.95. The van der Waals surface area contributed by atoms with Crippen molar-refractivity contribution in [3.05, 3.63) is 64.2 Å². The maximum Gasteiger partial charge on any atom is 0.304 e. The molecule has 4 N–H and O–H groups in total. The molecule has 5 nitrogen and oxygen atoms in total. The number of halogens is 1. The van der Waals surface area contributed by atoms with E-state index in [9.17, 15) is 9.59 Å². The van der Waals surface area contributed by atoms with Crippen molar-refractivity contribution in [2.75, 3.05) is 11.9 Å². The van der Waals surface area contributed by atoms with Crippen LogP contribution in [-0.4, -0.2) is 23.5 Å². The lowest BCUT2D eigenvalue weighted by molar-refractivity contribution is -0.137. The average molecular weight is 347 g/mol. The zero-order valence-corrected chi connectivity index (χ0v) is 14.0. The van der Waals surface area contributed by atoms with Crippen molar-refractivity contribution in [2.45, 2.75) is 19.3 Å². The van der Waals surface area contributed by atoms with Crippen molar-refractivity contribution in [3.8, 4) is 0 Å². The first kappa shape index (κ1) is 18.0. The van der Waals surface area contributed by atoms with Crippen LogP contribution in [0.3, 0.4) is 0 Å². The summed E-state index contributed by atoms with van der Waals surface area (Å²) in [6.07, 6.45) is -0.0800. The first-order valence-electron chi connectivity index (χ1n) is 7.50. The normalized spacial score (nSPS) is 11.8. The van der Waals surface area contributed by atoms with E-state index in [-0.39, 0.29) is 24.8 Å². The van der Waals surface area contributed by atoms with Crippen molar-refractivity contribution >= 4 is 29.2 Å². The molecule has 0 aromatic heterocycles. The quantitative estimate of drug-likeness (QED) is 0.747. The second kappa shape index (κ2) is 7.95. The SMILES string of the molecule is Cc1ccccc1C(=O)Nc1cc([C@H](CN)CC(=O)O)ccc1Cl. The molecule has 0 spiro atoms. The Labute approximate surface area is 145 Å². The molecular formula is C18H19ClN2O3. The van der Waals surface area contributed by atoms with Gasteiger partial charge in [0, 0.05) is 11.5 Å². The van der Waals surface area contributed by atoms with E-state index in [4.69, 9.17) is 22.4 Å². The Hall–Kier alpha value is -2.37. The molecule has 24 heavy (non-hydrogen) atoms. The number of anilines is 1. The summed E-state index contributed by atoms with van der Waals surface area (Å²) in [4.78, 5) is 23.4. The van der Waals surface area contributed by atoms with Crippen LogP contribution in [0.2, 0.25) is 5.02 Å². The summed E-state index contributed by atoms with van der Waals surface area (Å²) in [6.45, 7) is 2.05. The molecule has 126 valence electrons. The summed E-state index contributed by atoms with van der Waals surface area (Å²) < 4.78 is 0. The molecule has 0 saturated heterocycles. The van der Waals surface area contributed by atoms with E-state index in [2.05, 4.69) is 5.32 Å². The van der Waals surface area contributed by atoms with Gasteiger partial charge in [0.25, 0.3) is 5.91 Å². The monoisotopic (exact) mass is 346 g/mol. The van der Waals surface area contributed by atoms with Crippen LogP contribution in [0.15, 0.2) is 42.5 Å². The molecular weight excluding hydrogens is 328 g/mol. The second-order valence-electron chi connectivity index (χ2n) is 5.54. The third-order valence-corrected chi connectivity index (χ3v) is 4.13. The third-order valence-electron chi connectivity index (χ3n) is 3.81. The van der Waals surface area contributed by atoms with Crippen molar-refractivity contribution in [3.63, 3.8) is 0 Å². The number of nitrogens with two attached hydrogens (primary N) is 1. The van der Waals surface area contributed by atoms with Gasteiger partial charge in [-0.25, -0.2) is 0 Å². The largest absolute Gasteiger partial charge is 0.481 e. The minimum atomic E-state index is -0.925. The van der Waals surface area contributed by atoms with E-state index >= 15 is 0 Å². The maximum atomic E-state index is 12.4. The molecule has 0 aliphatic rings. The molecule has 6 heteroatoms. The van der Waals surface area contributed by atoms with Gasteiger partial charge in [-0.15, -0.1) is 0 Å². The fourth-order valence-electron chi connectivity index (χ4n) is 2.46. The predicted molar refractivity (Wildman–Crippen MR) is 94.6 cm³/mol. The van der Waals surface area contributed by atoms with Gasteiger partial charge in [-0.2, -0.15) is 0 Å². The zero-order chi connectivity index (χ0) is 17.7. The summed E-state index contributed by atoms with van der Waals surface area (Å²) in [7, 11) is 0. The van der Waals surface area contributed by atoms with Gasteiger partial charge >= 0.3 is 5.97 Å². The van der Waals surface area contributed by atoms with Gasteiger partial charge in [0.1, 0.15) is 0 Å². The first-order chi connectivity index (χ1) is 11.4. The number of aliphatic carboxylic acids is 1. The van der Waals surface area contributed by atoms with Gasteiger partial charge in [-0.1, -0.05) is 35.9 Å². The Morgan fingerprint density at radius 1 is 1.25 bits per heavy atom. The highest BCUT2D eigenvalue weighted by Gasteiger charge is 2.17. The first-order valence-corrected chi connectivity index (χ1v) is 7.88. The fourth-order valence-corrected chi connectivity index (χ4v) is 2.62. The molecule has 0 aliphatic carbocycles. The fraction of sp³-hybridized carbons (Fsp3) is 0.222. The van der Waals surface area contributed by atoms with Gasteiger partial charge in [0.2, 0.25) is 0 Å². The Morgan fingerprint density at radius 2 is 1.96 bits per heavy atom. The number of amides is 1. The molecule has 2 aromatic carbocycles. The van der Waals surface area contributed by atoms with Crippen molar-refractivity contribution in [2.24, 2.45) is 5.73 Å². The molecule has 0 radical (unpaired) electrons. The Balaban J connectivity index is 2.27. The van der Waals surface area contributed by atoms with E-state index in [1.165, 1.54) is 0 Å². The lowest BCUT2D eigenvalue weighted by Gasteiger charge is -2.16. The number of carboxylic acid groups (broad SMARTS) is 1. The highest BCUT2D eigenvalue weighted by molar-refractivity contribution is 6.34. The number of carboxylic acids is 1.